The molecule has 0 N–H and O–H groups in total. The lowest BCUT2D eigenvalue weighted by Crippen LogP contribution is -2.29. The van der Waals surface area contributed by atoms with Crippen LogP contribution in [0.15, 0.2) is 0 Å². The Kier molecular flexibility index (Phi) is 1.53. The fraction of sp³-hybridized carbons (Fsp3) is 0.500. The van der Waals surface area contributed by atoms with E-state index in [0.717, 1.165) is 11.8 Å². The first-order valence-corrected chi connectivity index (χ1v) is 3.18. The molecule has 1 aliphatic rings. The van der Waals surface area contributed by atoms with E-state index >= 15 is 0 Å². The molecule has 0 saturated carbocycles. The Morgan fingerprint density at radius 3 is 2.62 bits per heavy atom. The van der Waals surface area contributed by atoms with Crippen LogP contribution in [0.5, 0.6) is 0 Å². The average Bonchev–Trinajstić information content (AvgIpc) is 1.77. The van der Waals surface area contributed by atoms with Crippen LogP contribution in [0.3, 0.4) is 0 Å². The van der Waals surface area contributed by atoms with Crippen molar-refractivity contribution in [2.75, 3.05) is 12.3 Å². The van der Waals surface area contributed by atoms with Crippen LogP contribution in [0.25, 0.3) is 0 Å². The number of carbonyl (C=O) groups excluding carboxylic acids is 2. The molecule has 1 aliphatic heterocycles. The predicted molar refractivity (Wildman–Crippen MR) is 29.5 cm³/mol. The molecule has 0 aromatic heterocycles. The second kappa shape index (κ2) is 2.17. The molecule has 3 nitrogen and oxygen atoms in total. The van der Waals surface area contributed by atoms with Crippen molar-refractivity contribution in [1.82, 2.24) is 5.32 Å². The molecule has 1 saturated heterocycles. The molecule has 43 valence electrons. The summed E-state index contributed by atoms with van der Waals surface area (Å²) in [5, 5.41) is 2.98. The molecular formula is C4H4NO2S. The van der Waals surface area contributed by atoms with Gasteiger partial charge in [0.2, 0.25) is 0 Å². The second-order valence-corrected chi connectivity index (χ2v) is 2.39. The minimum atomic E-state index is -0.582. The first kappa shape index (κ1) is 5.62. The van der Waals surface area contributed by atoms with Crippen molar-refractivity contribution in [2.45, 2.75) is 0 Å². The predicted octanol–water partition coefficient (Wildman–Crippen LogP) is -0.609. The first-order valence-electron chi connectivity index (χ1n) is 2.19. The van der Waals surface area contributed by atoms with Crippen LogP contribution in [0, 0.1) is 0 Å². The van der Waals surface area contributed by atoms with E-state index in [1.807, 2.05) is 0 Å². The number of hydrogen-bond donors (Lipinski definition) is 0. The molecule has 8 heavy (non-hydrogen) atoms. The van der Waals surface area contributed by atoms with Gasteiger partial charge in [-0.15, -0.1) is 0 Å². The molecule has 4 heteroatoms. The summed E-state index contributed by atoms with van der Waals surface area (Å²) in [5.41, 5.74) is 0. The van der Waals surface area contributed by atoms with Gasteiger partial charge in [-0.2, -0.15) is 0 Å². The molecule has 1 radical (unpaired) electrons. The van der Waals surface area contributed by atoms with Crippen molar-refractivity contribution >= 4 is 22.8 Å². The zero-order valence-corrected chi connectivity index (χ0v) is 4.90. The number of nitrogens with zero attached hydrogens (tertiary/aromatic N) is 1. The summed E-state index contributed by atoms with van der Waals surface area (Å²) in [7, 11) is 0. The van der Waals surface area contributed by atoms with Crippen molar-refractivity contribution in [3.8, 4) is 0 Å². The summed E-state index contributed by atoms with van der Waals surface area (Å²) < 4.78 is 0. The van der Waals surface area contributed by atoms with E-state index in [2.05, 4.69) is 5.32 Å². The third-order valence-electron chi connectivity index (χ3n) is 0.754. The van der Waals surface area contributed by atoms with E-state index in [1.165, 1.54) is 0 Å². The maximum atomic E-state index is 10.3. The maximum Gasteiger partial charge on any atom is 0.319 e. The van der Waals surface area contributed by atoms with E-state index in [4.69, 9.17) is 0 Å². The average molecular weight is 130 g/mol. The lowest BCUT2D eigenvalue weighted by Gasteiger charge is -2.04. The molecule has 0 atom stereocenters. The summed E-state index contributed by atoms with van der Waals surface area (Å²) in [6.45, 7) is 0.495. The zero-order chi connectivity index (χ0) is 5.98. The number of thioether (sulfide) groups is 1. The molecule has 0 aliphatic carbocycles. The Balaban J connectivity index is 2.52. The fourth-order valence-electron chi connectivity index (χ4n) is 0.412. The van der Waals surface area contributed by atoms with E-state index < -0.39 is 11.0 Å². The minimum Gasteiger partial charge on any atom is -0.276 e. The Morgan fingerprint density at radius 1 is 1.50 bits per heavy atom. The van der Waals surface area contributed by atoms with Crippen molar-refractivity contribution in [3.63, 3.8) is 0 Å². The molecule has 0 spiro atoms. The third kappa shape index (κ3) is 1.01. The highest BCUT2D eigenvalue weighted by molar-refractivity contribution is 8.15. The van der Waals surface area contributed by atoms with Gasteiger partial charge in [0.25, 0.3) is 5.12 Å². The van der Waals surface area contributed by atoms with Crippen molar-refractivity contribution in [3.05, 3.63) is 0 Å². The molecule has 1 fully saturated rings. The minimum absolute atomic E-state index is 0.420. The van der Waals surface area contributed by atoms with E-state index in [9.17, 15) is 9.59 Å². The molecule has 1 heterocycles. The molecule has 0 unspecified atom stereocenters. The van der Waals surface area contributed by atoms with Gasteiger partial charge in [0.1, 0.15) is 0 Å². The largest absolute Gasteiger partial charge is 0.319 e. The molecule has 0 bridgehead atoms. The summed E-state index contributed by atoms with van der Waals surface area (Å²) in [6.07, 6.45) is 0. The fourth-order valence-corrected chi connectivity index (χ4v) is 0.968. The monoisotopic (exact) mass is 130 g/mol. The highest BCUT2D eigenvalue weighted by Crippen LogP contribution is 2.05. The highest BCUT2D eigenvalue weighted by Gasteiger charge is 2.19. The molecule has 0 aromatic rings. The van der Waals surface area contributed by atoms with Crippen LogP contribution in [-0.4, -0.2) is 23.3 Å². The van der Waals surface area contributed by atoms with Gasteiger partial charge >= 0.3 is 5.91 Å². The van der Waals surface area contributed by atoms with Crippen molar-refractivity contribution < 1.29 is 9.59 Å². The summed E-state index contributed by atoms with van der Waals surface area (Å²) in [6, 6.07) is 0. The molecule has 1 amide bonds. The summed E-state index contributed by atoms with van der Waals surface area (Å²) in [5.74, 6) is 0.0751. The number of amides is 1. The van der Waals surface area contributed by atoms with Gasteiger partial charge < -0.3 is 0 Å². The first-order chi connectivity index (χ1) is 3.80. The normalized spacial score (nSPS) is 20.5. The third-order valence-corrected chi connectivity index (χ3v) is 1.58. The molecule has 0 aromatic carbocycles. The zero-order valence-electron chi connectivity index (χ0n) is 4.09. The van der Waals surface area contributed by atoms with E-state index in [-0.39, 0.29) is 0 Å². The smallest absolute Gasteiger partial charge is 0.276 e. The van der Waals surface area contributed by atoms with Crippen molar-refractivity contribution in [1.29, 1.82) is 0 Å². The standard InChI is InChI=1S/C4H4NO2S/c6-3-4(7)8-2-1-5-3/h1-2H2. The number of rotatable bonds is 0. The Morgan fingerprint density at radius 2 is 2.25 bits per heavy atom. The topological polar surface area (TPSA) is 48.2 Å². The lowest BCUT2D eigenvalue weighted by molar-refractivity contribution is -0.133. The van der Waals surface area contributed by atoms with Crippen LogP contribution in [0.1, 0.15) is 0 Å². The van der Waals surface area contributed by atoms with Gasteiger partial charge in [0.05, 0.1) is 6.54 Å². The molecular weight excluding hydrogens is 126 g/mol. The Bertz CT molecular complexity index is 118. The van der Waals surface area contributed by atoms with Crippen LogP contribution in [0.4, 0.5) is 0 Å². The highest BCUT2D eigenvalue weighted by atomic mass is 32.2. The lowest BCUT2D eigenvalue weighted by atomic mass is 10.6. The van der Waals surface area contributed by atoms with Gasteiger partial charge in [-0.1, -0.05) is 11.8 Å². The van der Waals surface area contributed by atoms with Gasteiger partial charge in [0.15, 0.2) is 0 Å². The van der Waals surface area contributed by atoms with Gasteiger partial charge in [-0.25, -0.2) is 5.32 Å². The molecule has 1 rings (SSSR count). The van der Waals surface area contributed by atoms with Gasteiger partial charge in [-0.05, 0) is 0 Å². The van der Waals surface area contributed by atoms with Crippen LogP contribution < -0.4 is 5.32 Å². The Labute approximate surface area is 50.8 Å². The quantitative estimate of drug-likeness (QED) is 0.411. The number of carbonyl (C=O) groups is 2. The van der Waals surface area contributed by atoms with E-state index in [1.54, 1.807) is 0 Å². The van der Waals surface area contributed by atoms with Gasteiger partial charge in [0, 0.05) is 5.75 Å². The van der Waals surface area contributed by atoms with Crippen LogP contribution in [0.2, 0.25) is 0 Å². The summed E-state index contributed by atoms with van der Waals surface area (Å²) >= 11 is 1.04. The van der Waals surface area contributed by atoms with E-state index in [0.29, 0.717) is 12.3 Å². The maximum absolute atomic E-state index is 10.3. The van der Waals surface area contributed by atoms with Gasteiger partial charge in [-0.3, -0.25) is 9.59 Å². The number of hydrogen-bond acceptors (Lipinski definition) is 3. The SMILES string of the molecule is O=C1[N]CCSC1=O. The van der Waals surface area contributed by atoms with Crippen LogP contribution in [-0.2, 0) is 9.59 Å². The van der Waals surface area contributed by atoms with Crippen LogP contribution >= 0.6 is 11.8 Å². The Hall–Kier alpha value is -0.510. The van der Waals surface area contributed by atoms with Crippen molar-refractivity contribution in [2.24, 2.45) is 0 Å². The second-order valence-electron chi connectivity index (χ2n) is 1.32. The summed E-state index contributed by atoms with van der Waals surface area (Å²) in [4.78, 5) is 20.6.